The number of hydrogen-bond donors (Lipinski definition) is 0. The van der Waals surface area contributed by atoms with Crippen LogP contribution in [0.15, 0.2) is 17.4 Å². The molecule has 0 spiro atoms. The Balaban J connectivity index is 2.57. The molecule has 0 saturated carbocycles. The van der Waals surface area contributed by atoms with Gasteiger partial charge in [-0.1, -0.05) is 0 Å². The van der Waals surface area contributed by atoms with Crippen LogP contribution in [0.3, 0.4) is 0 Å². The minimum atomic E-state index is -3.41. The average molecular weight is 275 g/mol. The molecule has 0 unspecified atom stereocenters. The maximum absolute atomic E-state index is 12.1. The van der Waals surface area contributed by atoms with E-state index in [0.717, 1.165) is 0 Å². The number of aryl methyl sites for hydroxylation is 1. The number of rotatable bonds is 4. The quantitative estimate of drug-likeness (QED) is 0.610. The third-order valence-corrected chi connectivity index (χ3v) is 4.23. The molecule has 0 radical (unpaired) electrons. The lowest BCUT2D eigenvalue weighted by molar-refractivity contribution is 0.585. The third-order valence-electron chi connectivity index (χ3n) is 2.21. The first-order chi connectivity index (χ1) is 8.04. The maximum Gasteiger partial charge on any atom is 0.253 e. The Morgan fingerprint density at radius 1 is 1.47 bits per heavy atom. The van der Waals surface area contributed by atoms with Crippen molar-refractivity contribution in [1.29, 1.82) is 0 Å². The van der Waals surface area contributed by atoms with Gasteiger partial charge in [-0.2, -0.15) is 14.6 Å². The zero-order valence-corrected chi connectivity index (χ0v) is 10.7. The molecule has 17 heavy (non-hydrogen) atoms. The number of sulfone groups is 1. The Labute approximate surface area is 104 Å². The summed E-state index contributed by atoms with van der Waals surface area (Å²) in [6.45, 7) is 1.72. The highest BCUT2D eigenvalue weighted by Crippen LogP contribution is 2.14. The second-order valence-corrected chi connectivity index (χ2v) is 6.00. The molecule has 0 N–H and O–H groups in total. The summed E-state index contributed by atoms with van der Waals surface area (Å²) >= 11 is 5.51. The van der Waals surface area contributed by atoms with Gasteiger partial charge in [-0.15, -0.1) is 11.6 Å². The summed E-state index contributed by atoms with van der Waals surface area (Å²) in [6, 6.07) is 1.49. The van der Waals surface area contributed by atoms with Crippen molar-refractivity contribution in [2.45, 2.75) is 18.4 Å². The van der Waals surface area contributed by atoms with Crippen LogP contribution in [0, 0.1) is 6.92 Å². The fraction of sp³-hybridized carbons (Fsp3) is 0.444. The summed E-state index contributed by atoms with van der Waals surface area (Å²) < 4.78 is 25.4. The predicted molar refractivity (Wildman–Crippen MR) is 62.9 cm³/mol. The van der Waals surface area contributed by atoms with Gasteiger partial charge in [-0.05, 0) is 19.4 Å². The van der Waals surface area contributed by atoms with Crippen molar-refractivity contribution >= 4 is 27.2 Å². The van der Waals surface area contributed by atoms with Gasteiger partial charge in [0.25, 0.3) is 5.78 Å². The summed E-state index contributed by atoms with van der Waals surface area (Å²) in [5.74, 6) is 0.591. The number of nitrogens with zero attached hydrogens (tertiary/aromatic N) is 4. The third kappa shape index (κ3) is 2.39. The molecule has 2 rings (SSSR count). The highest BCUT2D eigenvalue weighted by Gasteiger charge is 2.19. The van der Waals surface area contributed by atoms with Crippen LogP contribution in [0.1, 0.15) is 12.1 Å². The van der Waals surface area contributed by atoms with Gasteiger partial charge in [0.2, 0.25) is 0 Å². The summed E-state index contributed by atoms with van der Waals surface area (Å²) in [5.41, 5.74) is 0.593. The molecular weight excluding hydrogens is 264 g/mol. The van der Waals surface area contributed by atoms with Gasteiger partial charge in [0.05, 0.1) is 5.75 Å². The Hall–Kier alpha value is -1.21. The van der Waals surface area contributed by atoms with E-state index in [2.05, 4.69) is 15.1 Å². The van der Waals surface area contributed by atoms with Gasteiger partial charge in [-0.25, -0.2) is 13.4 Å². The number of aromatic nitrogens is 4. The van der Waals surface area contributed by atoms with Crippen LogP contribution >= 0.6 is 11.6 Å². The van der Waals surface area contributed by atoms with Crippen molar-refractivity contribution in [3.8, 4) is 0 Å². The van der Waals surface area contributed by atoms with Crippen molar-refractivity contribution < 1.29 is 8.42 Å². The Morgan fingerprint density at radius 3 is 2.94 bits per heavy atom. The predicted octanol–water partition coefficient (Wildman–Crippen LogP) is 0.835. The molecule has 0 atom stereocenters. The Kier molecular flexibility index (Phi) is 3.30. The highest BCUT2D eigenvalue weighted by atomic mass is 35.5. The van der Waals surface area contributed by atoms with Crippen LogP contribution in [-0.4, -0.2) is 39.6 Å². The molecular formula is C9H11ClN4O2S. The molecule has 0 amide bonds. The molecule has 92 valence electrons. The number of alkyl halides is 1. The van der Waals surface area contributed by atoms with Crippen LogP contribution in [0.4, 0.5) is 0 Å². The molecule has 6 nitrogen and oxygen atoms in total. The lowest BCUT2D eigenvalue weighted by Gasteiger charge is -2.05. The second-order valence-electron chi connectivity index (χ2n) is 3.57. The first kappa shape index (κ1) is 12.3. The fourth-order valence-electron chi connectivity index (χ4n) is 1.47. The summed E-state index contributed by atoms with van der Waals surface area (Å²) in [6.07, 6.45) is 1.68. The van der Waals surface area contributed by atoms with Gasteiger partial charge < -0.3 is 0 Å². The van der Waals surface area contributed by atoms with E-state index in [4.69, 9.17) is 11.6 Å². The van der Waals surface area contributed by atoms with E-state index in [1.54, 1.807) is 6.92 Å². The van der Waals surface area contributed by atoms with Crippen molar-refractivity contribution in [2.24, 2.45) is 0 Å². The van der Waals surface area contributed by atoms with E-state index in [1.807, 2.05) is 0 Å². The topological polar surface area (TPSA) is 77.2 Å². The van der Waals surface area contributed by atoms with E-state index in [1.165, 1.54) is 16.9 Å². The van der Waals surface area contributed by atoms with E-state index < -0.39 is 9.84 Å². The molecule has 0 aliphatic heterocycles. The minimum Gasteiger partial charge on any atom is -0.222 e. The van der Waals surface area contributed by atoms with Crippen molar-refractivity contribution in [2.75, 3.05) is 11.6 Å². The number of hydrogen-bond acceptors (Lipinski definition) is 5. The van der Waals surface area contributed by atoms with E-state index >= 15 is 0 Å². The van der Waals surface area contributed by atoms with E-state index in [0.29, 0.717) is 18.0 Å². The van der Waals surface area contributed by atoms with Gasteiger partial charge in [-0.3, -0.25) is 0 Å². The zero-order chi connectivity index (χ0) is 12.5. The van der Waals surface area contributed by atoms with Crippen LogP contribution in [0.2, 0.25) is 0 Å². The highest BCUT2D eigenvalue weighted by molar-refractivity contribution is 7.91. The second kappa shape index (κ2) is 4.58. The molecule has 0 aromatic carbocycles. The molecule has 8 heteroatoms. The van der Waals surface area contributed by atoms with Crippen molar-refractivity contribution in [3.63, 3.8) is 0 Å². The molecule has 0 aliphatic carbocycles. The molecule has 2 aromatic rings. The molecule has 2 heterocycles. The van der Waals surface area contributed by atoms with E-state index in [9.17, 15) is 8.42 Å². The van der Waals surface area contributed by atoms with Crippen LogP contribution in [0.25, 0.3) is 5.78 Å². The average Bonchev–Trinajstić information content (AvgIpc) is 2.72. The fourth-order valence-corrected chi connectivity index (χ4v) is 3.24. The SMILES string of the molecule is Cc1cc(S(=O)(=O)CCCCl)n2ncnc2n1. The minimum absolute atomic E-state index is 0.00505. The van der Waals surface area contributed by atoms with Crippen LogP contribution in [-0.2, 0) is 9.84 Å². The maximum atomic E-state index is 12.1. The smallest absolute Gasteiger partial charge is 0.222 e. The van der Waals surface area contributed by atoms with Gasteiger partial charge >= 0.3 is 0 Å². The molecule has 2 aromatic heterocycles. The first-order valence-corrected chi connectivity index (χ1v) is 7.19. The lowest BCUT2D eigenvalue weighted by atomic mass is 10.5. The van der Waals surface area contributed by atoms with Crippen LogP contribution in [0.5, 0.6) is 0 Å². The zero-order valence-electron chi connectivity index (χ0n) is 9.17. The van der Waals surface area contributed by atoms with Gasteiger partial charge in [0, 0.05) is 11.6 Å². The van der Waals surface area contributed by atoms with Crippen LogP contribution < -0.4 is 0 Å². The number of fused-ring (bicyclic) bond motifs is 1. The normalized spacial score (nSPS) is 12.1. The summed E-state index contributed by atoms with van der Waals surface area (Å²) in [4.78, 5) is 7.97. The van der Waals surface area contributed by atoms with E-state index in [-0.39, 0.29) is 16.6 Å². The number of halogens is 1. The van der Waals surface area contributed by atoms with Crippen molar-refractivity contribution in [1.82, 2.24) is 19.6 Å². The monoisotopic (exact) mass is 274 g/mol. The van der Waals surface area contributed by atoms with Crippen molar-refractivity contribution in [3.05, 3.63) is 18.1 Å². The Bertz CT molecular complexity index is 637. The van der Waals surface area contributed by atoms with Gasteiger partial charge in [0.15, 0.2) is 14.9 Å². The lowest BCUT2D eigenvalue weighted by Crippen LogP contribution is -2.13. The molecule has 0 fully saturated rings. The summed E-state index contributed by atoms with van der Waals surface area (Å²) in [7, 11) is -3.41. The van der Waals surface area contributed by atoms with Gasteiger partial charge in [0.1, 0.15) is 6.33 Å². The molecule has 0 saturated heterocycles. The molecule has 0 aliphatic rings. The first-order valence-electron chi connectivity index (χ1n) is 5.01. The summed E-state index contributed by atoms with van der Waals surface area (Å²) in [5, 5.41) is 3.98. The largest absolute Gasteiger partial charge is 0.253 e. The molecule has 0 bridgehead atoms. The Morgan fingerprint density at radius 2 is 2.24 bits per heavy atom. The standard InChI is InChI=1S/C9H11ClN4O2S/c1-7-5-8(17(15,16)4-2-3-10)14-9(13-7)11-6-12-14/h5-6H,2-4H2,1H3.